The van der Waals surface area contributed by atoms with Crippen LogP contribution in [0.25, 0.3) is 0 Å². The smallest absolute Gasteiger partial charge is 0.238 e. The van der Waals surface area contributed by atoms with Gasteiger partial charge in [0, 0.05) is 30.9 Å². The van der Waals surface area contributed by atoms with Crippen molar-refractivity contribution in [3.8, 4) is 5.75 Å². The molecule has 148 valence electrons. The van der Waals surface area contributed by atoms with Crippen molar-refractivity contribution in [2.45, 2.75) is 26.3 Å². The quantitative estimate of drug-likeness (QED) is 0.762. The van der Waals surface area contributed by atoms with Crippen LogP contribution in [0.3, 0.4) is 0 Å². The summed E-state index contributed by atoms with van der Waals surface area (Å²) in [5, 5.41) is 2.91. The van der Waals surface area contributed by atoms with E-state index < -0.39 is 0 Å². The standard InChI is InChI=1S/C22H27N3O3/c1-3-28-20-12-6-17(7-13-20)15-24(2)16-21(26)23-18-8-10-19(11-9-18)25-14-4-5-22(25)27/h6-13H,3-5,14-16H2,1-2H3,(H,23,26). The summed E-state index contributed by atoms with van der Waals surface area (Å²) in [6.07, 6.45) is 1.51. The van der Waals surface area contributed by atoms with Crippen molar-refractivity contribution >= 4 is 23.2 Å². The highest BCUT2D eigenvalue weighted by atomic mass is 16.5. The molecule has 2 aromatic rings. The van der Waals surface area contributed by atoms with Crippen LogP contribution in [0.15, 0.2) is 48.5 Å². The van der Waals surface area contributed by atoms with Crippen molar-refractivity contribution in [1.29, 1.82) is 0 Å². The number of amides is 2. The maximum Gasteiger partial charge on any atom is 0.238 e. The molecular formula is C22H27N3O3. The predicted octanol–water partition coefficient (Wildman–Crippen LogP) is 3.28. The zero-order chi connectivity index (χ0) is 19.9. The van der Waals surface area contributed by atoms with Crippen molar-refractivity contribution in [3.63, 3.8) is 0 Å². The maximum atomic E-state index is 12.3. The van der Waals surface area contributed by atoms with Crippen LogP contribution < -0.4 is 15.0 Å². The molecule has 1 aliphatic heterocycles. The molecule has 6 nitrogen and oxygen atoms in total. The van der Waals surface area contributed by atoms with Gasteiger partial charge in [0.15, 0.2) is 0 Å². The van der Waals surface area contributed by atoms with Gasteiger partial charge in [0.1, 0.15) is 5.75 Å². The minimum Gasteiger partial charge on any atom is -0.494 e. The number of carbonyl (C=O) groups excluding carboxylic acids is 2. The summed E-state index contributed by atoms with van der Waals surface area (Å²) in [7, 11) is 1.91. The van der Waals surface area contributed by atoms with E-state index in [9.17, 15) is 9.59 Å². The molecule has 1 saturated heterocycles. The van der Waals surface area contributed by atoms with Crippen LogP contribution in [0.1, 0.15) is 25.3 Å². The summed E-state index contributed by atoms with van der Waals surface area (Å²) < 4.78 is 5.44. The summed E-state index contributed by atoms with van der Waals surface area (Å²) in [5.74, 6) is 0.942. The van der Waals surface area contributed by atoms with Crippen molar-refractivity contribution in [2.75, 3.05) is 37.0 Å². The van der Waals surface area contributed by atoms with Crippen LogP contribution in [-0.2, 0) is 16.1 Å². The summed E-state index contributed by atoms with van der Waals surface area (Å²) in [4.78, 5) is 27.9. The molecule has 0 atom stereocenters. The molecule has 6 heteroatoms. The van der Waals surface area contributed by atoms with Gasteiger partial charge in [0.2, 0.25) is 11.8 Å². The van der Waals surface area contributed by atoms with E-state index in [-0.39, 0.29) is 11.8 Å². The Hall–Kier alpha value is -2.86. The molecule has 1 N–H and O–H groups in total. The third kappa shape index (κ3) is 5.33. The Morgan fingerprint density at radius 2 is 1.86 bits per heavy atom. The SMILES string of the molecule is CCOc1ccc(CN(C)CC(=O)Nc2ccc(N3CCCC3=O)cc2)cc1. The largest absolute Gasteiger partial charge is 0.494 e. The second kappa shape index (κ2) is 9.37. The van der Waals surface area contributed by atoms with Crippen LogP contribution >= 0.6 is 0 Å². The number of carbonyl (C=O) groups is 2. The Morgan fingerprint density at radius 3 is 2.46 bits per heavy atom. The number of nitrogens with zero attached hydrogens (tertiary/aromatic N) is 2. The Morgan fingerprint density at radius 1 is 1.14 bits per heavy atom. The summed E-state index contributed by atoms with van der Waals surface area (Å²) in [5.41, 5.74) is 2.74. The van der Waals surface area contributed by atoms with Gasteiger partial charge in [0.25, 0.3) is 0 Å². The third-order valence-electron chi connectivity index (χ3n) is 4.64. The normalized spacial score (nSPS) is 13.8. The lowest BCUT2D eigenvalue weighted by Crippen LogP contribution is -2.29. The van der Waals surface area contributed by atoms with Gasteiger partial charge in [-0.15, -0.1) is 0 Å². The molecule has 2 amide bonds. The second-order valence-electron chi connectivity index (χ2n) is 6.99. The Balaban J connectivity index is 1.48. The molecule has 0 spiro atoms. The van der Waals surface area contributed by atoms with Crippen LogP contribution in [0.4, 0.5) is 11.4 Å². The van der Waals surface area contributed by atoms with Crippen molar-refractivity contribution < 1.29 is 14.3 Å². The van der Waals surface area contributed by atoms with E-state index in [1.54, 1.807) is 4.90 Å². The highest BCUT2D eigenvalue weighted by Gasteiger charge is 2.21. The molecule has 0 saturated carbocycles. The van der Waals surface area contributed by atoms with Crippen LogP contribution in [0.5, 0.6) is 5.75 Å². The van der Waals surface area contributed by atoms with Gasteiger partial charge in [-0.3, -0.25) is 14.5 Å². The lowest BCUT2D eigenvalue weighted by atomic mass is 10.2. The zero-order valence-corrected chi connectivity index (χ0v) is 16.5. The number of nitrogens with one attached hydrogen (secondary N) is 1. The molecule has 0 radical (unpaired) electrons. The zero-order valence-electron chi connectivity index (χ0n) is 16.5. The lowest BCUT2D eigenvalue weighted by Gasteiger charge is -2.18. The first kappa shape index (κ1) is 19.9. The summed E-state index contributed by atoms with van der Waals surface area (Å²) in [6, 6.07) is 15.3. The molecule has 3 rings (SSSR count). The summed E-state index contributed by atoms with van der Waals surface area (Å²) in [6.45, 7) is 4.34. The number of benzene rings is 2. The Kier molecular flexibility index (Phi) is 6.66. The van der Waals surface area contributed by atoms with Gasteiger partial charge in [-0.1, -0.05) is 12.1 Å². The van der Waals surface area contributed by atoms with Gasteiger partial charge in [-0.2, -0.15) is 0 Å². The third-order valence-corrected chi connectivity index (χ3v) is 4.64. The van der Waals surface area contributed by atoms with Gasteiger partial charge < -0.3 is 15.0 Å². The first-order valence-corrected chi connectivity index (χ1v) is 9.65. The van der Waals surface area contributed by atoms with E-state index in [1.807, 2.05) is 67.4 Å². The van der Waals surface area contributed by atoms with Crippen LogP contribution in [-0.4, -0.2) is 43.5 Å². The predicted molar refractivity (Wildman–Crippen MR) is 111 cm³/mol. The fourth-order valence-electron chi connectivity index (χ4n) is 3.32. The van der Waals surface area contributed by atoms with E-state index in [2.05, 4.69) is 5.32 Å². The average molecular weight is 381 g/mol. The van der Waals surface area contributed by atoms with Crippen LogP contribution in [0.2, 0.25) is 0 Å². The number of ether oxygens (including phenoxy) is 1. The number of likely N-dealkylation sites (N-methyl/N-ethyl adjacent to an activating group) is 1. The van der Waals surface area contributed by atoms with Gasteiger partial charge in [-0.05, 0) is 62.4 Å². The topological polar surface area (TPSA) is 61.9 Å². The number of hydrogen-bond acceptors (Lipinski definition) is 4. The van der Waals surface area contributed by atoms with Crippen LogP contribution in [0, 0.1) is 0 Å². The van der Waals surface area contributed by atoms with Crippen molar-refractivity contribution in [3.05, 3.63) is 54.1 Å². The van der Waals surface area contributed by atoms with Gasteiger partial charge >= 0.3 is 0 Å². The fraction of sp³-hybridized carbons (Fsp3) is 0.364. The maximum absolute atomic E-state index is 12.3. The van der Waals surface area contributed by atoms with Gasteiger partial charge in [0.05, 0.1) is 13.2 Å². The minimum atomic E-state index is -0.0709. The summed E-state index contributed by atoms with van der Waals surface area (Å²) >= 11 is 0. The van der Waals surface area contributed by atoms with Crippen molar-refractivity contribution in [2.24, 2.45) is 0 Å². The fourth-order valence-corrected chi connectivity index (χ4v) is 3.32. The molecule has 1 fully saturated rings. The highest BCUT2D eigenvalue weighted by molar-refractivity contribution is 5.96. The first-order valence-electron chi connectivity index (χ1n) is 9.65. The highest BCUT2D eigenvalue weighted by Crippen LogP contribution is 2.23. The molecule has 28 heavy (non-hydrogen) atoms. The molecule has 0 aromatic heterocycles. The van der Waals surface area contributed by atoms with E-state index in [0.29, 0.717) is 26.1 Å². The van der Waals surface area contributed by atoms with E-state index in [0.717, 1.165) is 35.7 Å². The molecule has 0 aliphatic carbocycles. The molecule has 0 unspecified atom stereocenters. The molecule has 2 aromatic carbocycles. The Bertz CT molecular complexity index is 803. The van der Waals surface area contributed by atoms with Crippen molar-refractivity contribution in [1.82, 2.24) is 4.90 Å². The Labute approximate surface area is 166 Å². The number of rotatable bonds is 8. The lowest BCUT2D eigenvalue weighted by molar-refractivity contribution is -0.117. The average Bonchev–Trinajstić information content (AvgIpc) is 3.10. The van der Waals surface area contributed by atoms with Gasteiger partial charge in [-0.25, -0.2) is 0 Å². The monoisotopic (exact) mass is 381 g/mol. The first-order chi connectivity index (χ1) is 13.5. The molecular weight excluding hydrogens is 354 g/mol. The van der Waals surface area contributed by atoms with E-state index in [4.69, 9.17) is 4.74 Å². The minimum absolute atomic E-state index is 0.0709. The van der Waals surface area contributed by atoms with E-state index >= 15 is 0 Å². The number of anilines is 2. The molecule has 0 bridgehead atoms. The molecule has 1 aliphatic rings. The molecule has 1 heterocycles. The number of hydrogen-bond donors (Lipinski definition) is 1. The van der Waals surface area contributed by atoms with E-state index in [1.165, 1.54) is 0 Å². The second-order valence-corrected chi connectivity index (χ2v) is 6.99.